The molecule has 2 fully saturated rings. The van der Waals surface area contributed by atoms with Crippen LogP contribution in [-0.2, 0) is 20.7 Å². The zero-order chi connectivity index (χ0) is 27.0. The van der Waals surface area contributed by atoms with E-state index < -0.39 is 5.91 Å². The van der Waals surface area contributed by atoms with Crippen molar-refractivity contribution in [1.82, 2.24) is 14.9 Å². The highest BCUT2D eigenvalue weighted by Crippen LogP contribution is 2.33. The SMILES string of the molecule is C=C(C(N)=O)c1cccc(Oc2nc(Nc3ccc(CCN4CCOCC4)cc3)ncc2N2CCOCC2)c1. The summed E-state index contributed by atoms with van der Waals surface area (Å²) >= 11 is 0. The van der Waals surface area contributed by atoms with E-state index in [1.54, 1.807) is 30.5 Å². The Kier molecular flexibility index (Phi) is 8.67. The first-order valence-corrected chi connectivity index (χ1v) is 13.2. The third-order valence-corrected chi connectivity index (χ3v) is 6.81. The number of nitrogens with two attached hydrogens (primary N) is 1. The Balaban J connectivity index is 1.32. The second-order valence-corrected chi connectivity index (χ2v) is 9.48. The predicted octanol–water partition coefficient (Wildman–Crippen LogP) is 3.22. The molecule has 5 rings (SSSR count). The molecule has 3 heterocycles. The summed E-state index contributed by atoms with van der Waals surface area (Å²) in [6, 6.07) is 15.4. The van der Waals surface area contributed by atoms with Crippen molar-refractivity contribution in [3.63, 3.8) is 0 Å². The summed E-state index contributed by atoms with van der Waals surface area (Å²) in [4.78, 5) is 25.4. The van der Waals surface area contributed by atoms with E-state index in [1.165, 1.54) is 5.56 Å². The van der Waals surface area contributed by atoms with E-state index in [4.69, 9.17) is 24.9 Å². The number of nitrogens with one attached hydrogen (secondary N) is 1. The van der Waals surface area contributed by atoms with Crippen molar-refractivity contribution in [2.75, 3.05) is 69.4 Å². The van der Waals surface area contributed by atoms with Gasteiger partial charge in [0.2, 0.25) is 17.7 Å². The fraction of sp³-hybridized carbons (Fsp3) is 0.345. The van der Waals surface area contributed by atoms with Gasteiger partial charge in [-0.3, -0.25) is 9.69 Å². The van der Waals surface area contributed by atoms with Crippen LogP contribution in [0.3, 0.4) is 0 Å². The Labute approximate surface area is 228 Å². The Morgan fingerprint density at radius 2 is 1.74 bits per heavy atom. The van der Waals surface area contributed by atoms with Gasteiger partial charge in [-0.15, -0.1) is 0 Å². The largest absolute Gasteiger partial charge is 0.437 e. The number of rotatable bonds is 10. The lowest BCUT2D eigenvalue weighted by atomic mass is 10.1. The highest BCUT2D eigenvalue weighted by atomic mass is 16.5. The van der Waals surface area contributed by atoms with Crippen molar-refractivity contribution in [2.24, 2.45) is 5.73 Å². The average Bonchev–Trinajstić information content (AvgIpc) is 2.98. The molecule has 0 bridgehead atoms. The molecule has 39 heavy (non-hydrogen) atoms. The molecule has 0 spiro atoms. The van der Waals surface area contributed by atoms with Gasteiger partial charge in [0.25, 0.3) is 0 Å². The monoisotopic (exact) mass is 530 g/mol. The van der Waals surface area contributed by atoms with Crippen LogP contribution in [0.2, 0.25) is 0 Å². The van der Waals surface area contributed by atoms with Gasteiger partial charge in [0.05, 0.1) is 32.6 Å². The van der Waals surface area contributed by atoms with Gasteiger partial charge >= 0.3 is 0 Å². The number of carbonyl (C=O) groups excluding carboxylic acids is 1. The summed E-state index contributed by atoms with van der Waals surface area (Å²) in [7, 11) is 0. The van der Waals surface area contributed by atoms with Gasteiger partial charge in [-0.2, -0.15) is 4.98 Å². The molecule has 2 aliphatic heterocycles. The fourth-order valence-electron chi connectivity index (χ4n) is 4.51. The normalized spacial score (nSPS) is 16.1. The molecule has 0 aliphatic carbocycles. The van der Waals surface area contributed by atoms with Crippen LogP contribution in [0.1, 0.15) is 11.1 Å². The third kappa shape index (κ3) is 7.11. The van der Waals surface area contributed by atoms with Crippen LogP contribution < -0.4 is 20.7 Å². The number of nitrogens with zero attached hydrogens (tertiary/aromatic N) is 4. The van der Waals surface area contributed by atoms with E-state index in [9.17, 15) is 4.79 Å². The minimum Gasteiger partial charge on any atom is -0.437 e. The van der Waals surface area contributed by atoms with Gasteiger partial charge in [0.15, 0.2) is 0 Å². The number of ether oxygens (including phenoxy) is 3. The van der Waals surface area contributed by atoms with Crippen molar-refractivity contribution in [3.8, 4) is 11.6 Å². The Morgan fingerprint density at radius 3 is 2.46 bits per heavy atom. The lowest BCUT2D eigenvalue weighted by Crippen LogP contribution is -2.37. The summed E-state index contributed by atoms with van der Waals surface area (Å²) in [5, 5.41) is 3.29. The molecule has 10 nitrogen and oxygen atoms in total. The van der Waals surface area contributed by atoms with Gasteiger partial charge in [0.1, 0.15) is 11.4 Å². The maximum absolute atomic E-state index is 11.6. The molecule has 10 heteroatoms. The number of carbonyl (C=O) groups is 1. The van der Waals surface area contributed by atoms with Crippen molar-refractivity contribution in [1.29, 1.82) is 0 Å². The minimum absolute atomic E-state index is 0.215. The number of morpholine rings is 2. The predicted molar refractivity (Wildman–Crippen MR) is 150 cm³/mol. The molecule has 3 N–H and O–H groups in total. The molecule has 0 atom stereocenters. The molecule has 204 valence electrons. The van der Waals surface area contributed by atoms with Gasteiger partial charge in [-0.1, -0.05) is 30.8 Å². The first kappa shape index (κ1) is 26.6. The molecule has 0 radical (unpaired) electrons. The summed E-state index contributed by atoms with van der Waals surface area (Å²) < 4.78 is 17.2. The van der Waals surface area contributed by atoms with Crippen LogP contribution in [0.25, 0.3) is 5.57 Å². The average molecular weight is 531 g/mol. The quantitative estimate of drug-likeness (QED) is 0.381. The molecule has 3 aromatic rings. The van der Waals surface area contributed by atoms with Crippen LogP contribution in [0.15, 0.2) is 61.3 Å². The number of hydrogen-bond donors (Lipinski definition) is 2. The zero-order valence-corrected chi connectivity index (χ0v) is 22.0. The van der Waals surface area contributed by atoms with E-state index in [-0.39, 0.29) is 5.57 Å². The number of benzene rings is 2. The maximum Gasteiger partial charge on any atom is 0.248 e. The number of amides is 1. The summed E-state index contributed by atoms with van der Waals surface area (Å²) in [6.45, 7) is 11.0. The first-order valence-electron chi connectivity index (χ1n) is 13.2. The fourth-order valence-corrected chi connectivity index (χ4v) is 4.51. The minimum atomic E-state index is -0.582. The van der Waals surface area contributed by atoms with E-state index in [0.29, 0.717) is 49.4 Å². The second kappa shape index (κ2) is 12.7. The highest BCUT2D eigenvalue weighted by Gasteiger charge is 2.20. The van der Waals surface area contributed by atoms with E-state index in [0.717, 1.165) is 50.6 Å². The van der Waals surface area contributed by atoms with Gasteiger partial charge in [-0.25, -0.2) is 4.98 Å². The van der Waals surface area contributed by atoms with Crippen LogP contribution >= 0.6 is 0 Å². The van der Waals surface area contributed by atoms with Gasteiger partial charge in [0, 0.05) is 44.0 Å². The molecule has 0 saturated carbocycles. The van der Waals surface area contributed by atoms with Crippen molar-refractivity contribution >= 4 is 28.8 Å². The molecule has 2 saturated heterocycles. The van der Waals surface area contributed by atoms with Crippen LogP contribution in [-0.4, -0.2) is 79.9 Å². The van der Waals surface area contributed by atoms with Crippen LogP contribution in [0.5, 0.6) is 11.6 Å². The third-order valence-electron chi connectivity index (χ3n) is 6.81. The molecule has 1 aromatic heterocycles. The molecule has 0 unspecified atom stereocenters. The van der Waals surface area contributed by atoms with E-state index >= 15 is 0 Å². The zero-order valence-electron chi connectivity index (χ0n) is 22.0. The molecule has 1 amide bonds. The topological polar surface area (TPSA) is 115 Å². The highest BCUT2D eigenvalue weighted by molar-refractivity contribution is 6.17. The number of primary amides is 1. The summed E-state index contributed by atoms with van der Waals surface area (Å²) in [5.74, 6) is 0.750. The standard InChI is InChI=1S/C29H34N6O4/c1-21(27(30)36)23-3-2-4-25(19-23)39-28-26(35-13-17-38-18-14-35)20-31-29(33-28)32-24-7-5-22(6-8-24)9-10-34-11-15-37-16-12-34/h2-8,19-20H,1,9-18H2,(H2,30,36)(H,31,32,33). The molecule has 2 aliphatic rings. The Bertz CT molecular complexity index is 1290. The molecular formula is C29H34N6O4. The first-order chi connectivity index (χ1) is 19.0. The Hall–Kier alpha value is -3.99. The van der Waals surface area contributed by atoms with Crippen LogP contribution in [0, 0.1) is 0 Å². The Morgan fingerprint density at radius 1 is 1.03 bits per heavy atom. The summed E-state index contributed by atoms with van der Waals surface area (Å²) in [6.07, 6.45) is 2.75. The number of hydrogen-bond acceptors (Lipinski definition) is 9. The molecule has 2 aromatic carbocycles. The smallest absolute Gasteiger partial charge is 0.248 e. The lowest BCUT2D eigenvalue weighted by molar-refractivity contribution is -0.112. The number of aromatic nitrogens is 2. The maximum atomic E-state index is 11.6. The molecular weight excluding hydrogens is 496 g/mol. The van der Waals surface area contributed by atoms with Crippen molar-refractivity contribution in [3.05, 3.63) is 72.4 Å². The van der Waals surface area contributed by atoms with Gasteiger partial charge < -0.3 is 30.2 Å². The second-order valence-electron chi connectivity index (χ2n) is 9.48. The van der Waals surface area contributed by atoms with Crippen molar-refractivity contribution < 1.29 is 19.0 Å². The van der Waals surface area contributed by atoms with Crippen molar-refractivity contribution in [2.45, 2.75) is 6.42 Å². The lowest BCUT2D eigenvalue weighted by Gasteiger charge is -2.29. The van der Waals surface area contributed by atoms with E-state index in [2.05, 4.69) is 38.8 Å². The number of anilines is 3. The van der Waals surface area contributed by atoms with Crippen LogP contribution in [0.4, 0.5) is 17.3 Å². The summed E-state index contributed by atoms with van der Waals surface area (Å²) in [5.41, 5.74) is 9.14. The van der Waals surface area contributed by atoms with Gasteiger partial charge in [-0.05, 0) is 41.8 Å². The van der Waals surface area contributed by atoms with E-state index in [1.807, 2.05) is 12.1 Å².